The first-order valence-electron chi connectivity index (χ1n) is 9.33. The summed E-state index contributed by atoms with van der Waals surface area (Å²) in [5.74, 6) is -0.760. The van der Waals surface area contributed by atoms with Crippen molar-refractivity contribution in [2.75, 3.05) is 13.2 Å². The monoisotopic (exact) mass is 429 g/mol. The van der Waals surface area contributed by atoms with Crippen molar-refractivity contribution >= 4 is 41.2 Å². The fourth-order valence-corrected chi connectivity index (χ4v) is 3.72. The smallest absolute Gasteiger partial charge is 0.340 e. The van der Waals surface area contributed by atoms with Gasteiger partial charge in [-0.1, -0.05) is 59.6 Å². The first-order chi connectivity index (χ1) is 13.9. The van der Waals surface area contributed by atoms with E-state index in [4.69, 9.17) is 27.9 Å². The Kier molecular flexibility index (Phi) is 6.78. The number of hydrogen-bond acceptors (Lipinski definition) is 3. The first-order valence-corrected chi connectivity index (χ1v) is 10.1. The summed E-state index contributed by atoms with van der Waals surface area (Å²) in [7, 11) is 0. The van der Waals surface area contributed by atoms with Gasteiger partial charge >= 0.3 is 5.97 Å². The minimum atomic E-state index is -0.517. The van der Waals surface area contributed by atoms with Crippen molar-refractivity contribution in [3.05, 3.63) is 86.5 Å². The van der Waals surface area contributed by atoms with Gasteiger partial charge in [0.25, 0.3) is 5.91 Å². The molecule has 0 N–H and O–H groups in total. The van der Waals surface area contributed by atoms with E-state index >= 15 is 0 Å². The van der Waals surface area contributed by atoms with E-state index in [-0.39, 0.29) is 23.7 Å². The summed E-state index contributed by atoms with van der Waals surface area (Å²) in [6, 6.07) is 14.9. The summed E-state index contributed by atoms with van der Waals surface area (Å²) in [5, 5.41) is 0.901. The van der Waals surface area contributed by atoms with Crippen molar-refractivity contribution in [2.45, 2.75) is 20.3 Å². The van der Waals surface area contributed by atoms with E-state index in [0.29, 0.717) is 34.3 Å². The lowest BCUT2D eigenvalue weighted by Crippen LogP contribution is -2.27. The summed E-state index contributed by atoms with van der Waals surface area (Å²) in [4.78, 5) is 27.4. The Morgan fingerprint density at radius 2 is 1.86 bits per heavy atom. The Morgan fingerprint density at radius 1 is 1.14 bits per heavy atom. The van der Waals surface area contributed by atoms with Crippen LogP contribution in [0.2, 0.25) is 10.0 Å². The summed E-state index contributed by atoms with van der Waals surface area (Å²) >= 11 is 12.2. The van der Waals surface area contributed by atoms with E-state index in [1.165, 1.54) is 0 Å². The topological polar surface area (TPSA) is 46.6 Å². The van der Waals surface area contributed by atoms with Crippen LogP contribution in [0.4, 0.5) is 0 Å². The van der Waals surface area contributed by atoms with Crippen LogP contribution >= 0.6 is 23.2 Å². The number of allylic oxidation sites excluding steroid dienone is 1. The van der Waals surface area contributed by atoms with Crippen LogP contribution in [-0.4, -0.2) is 29.9 Å². The van der Waals surface area contributed by atoms with Crippen molar-refractivity contribution < 1.29 is 14.3 Å². The molecule has 6 heteroatoms. The molecular weight excluding hydrogens is 409 g/mol. The number of rotatable bonds is 6. The number of benzene rings is 2. The number of esters is 1. The quantitative estimate of drug-likeness (QED) is 0.462. The van der Waals surface area contributed by atoms with Gasteiger partial charge < -0.3 is 9.64 Å². The molecule has 0 saturated carbocycles. The highest BCUT2D eigenvalue weighted by Gasteiger charge is 2.37. The zero-order valence-corrected chi connectivity index (χ0v) is 17.8. The molecule has 0 unspecified atom stereocenters. The van der Waals surface area contributed by atoms with Crippen LogP contribution in [0.25, 0.3) is 6.08 Å². The van der Waals surface area contributed by atoms with Crippen LogP contribution in [0, 0.1) is 0 Å². The van der Waals surface area contributed by atoms with Gasteiger partial charge in [-0.05, 0) is 49.6 Å². The molecule has 1 aliphatic rings. The minimum absolute atomic E-state index is 0.225. The molecule has 0 spiro atoms. The first kappa shape index (κ1) is 21.2. The number of halogens is 2. The molecule has 1 aliphatic heterocycles. The number of nitrogens with zero attached hydrogens (tertiary/aromatic N) is 1. The van der Waals surface area contributed by atoms with Gasteiger partial charge in [0.2, 0.25) is 0 Å². The third-order valence-electron chi connectivity index (χ3n) is 4.72. The van der Waals surface area contributed by atoms with Gasteiger partial charge in [0, 0.05) is 22.3 Å². The van der Waals surface area contributed by atoms with Crippen LogP contribution in [0.15, 0.2) is 65.4 Å². The molecule has 0 bridgehead atoms. The third-order valence-corrected chi connectivity index (χ3v) is 5.28. The maximum atomic E-state index is 13.2. The standard InChI is InChI=1S/C23H21Cl2NO3/c1-3-29-23(28)21-15(2)26(12-11-16-7-5-4-6-8-16)22(27)19(21)13-17-9-10-18(24)14-20(17)25/h4-10,13-14H,3,11-12H2,1-2H3/b19-13-. The molecule has 1 heterocycles. The summed E-state index contributed by atoms with van der Waals surface area (Å²) in [5.41, 5.74) is 2.86. The van der Waals surface area contributed by atoms with Gasteiger partial charge in [0.05, 0.1) is 17.8 Å². The van der Waals surface area contributed by atoms with E-state index in [0.717, 1.165) is 5.56 Å². The van der Waals surface area contributed by atoms with Crippen molar-refractivity contribution in [3.63, 3.8) is 0 Å². The molecule has 29 heavy (non-hydrogen) atoms. The highest BCUT2D eigenvalue weighted by molar-refractivity contribution is 6.35. The fourth-order valence-electron chi connectivity index (χ4n) is 3.26. The maximum absolute atomic E-state index is 13.2. The van der Waals surface area contributed by atoms with Crippen LogP contribution in [-0.2, 0) is 20.7 Å². The Morgan fingerprint density at radius 3 is 2.52 bits per heavy atom. The maximum Gasteiger partial charge on any atom is 0.340 e. The molecule has 0 fully saturated rings. The van der Waals surface area contributed by atoms with E-state index in [1.54, 1.807) is 43.0 Å². The summed E-state index contributed by atoms with van der Waals surface area (Å²) < 4.78 is 5.20. The summed E-state index contributed by atoms with van der Waals surface area (Å²) in [6.07, 6.45) is 2.30. The van der Waals surface area contributed by atoms with Crippen LogP contribution in [0.5, 0.6) is 0 Å². The van der Waals surface area contributed by atoms with E-state index < -0.39 is 5.97 Å². The molecular formula is C23H21Cl2NO3. The van der Waals surface area contributed by atoms with Crippen LogP contribution in [0.1, 0.15) is 25.0 Å². The van der Waals surface area contributed by atoms with Gasteiger partial charge in [-0.3, -0.25) is 4.79 Å². The molecule has 150 valence electrons. The molecule has 4 nitrogen and oxygen atoms in total. The molecule has 0 saturated heterocycles. The second-order valence-corrected chi connectivity index (χ2v) is 7.44. The van der Waals surface area contributed by atoms with Crippen molar-refractivity contribution in [1.29, 1.82) is 0 Å². The Bertz CT molecular complexity index is 996. The molecule has 0 aliphatic carbocycles. The summed E-state index contributed by atoms with van der Waals surface area (Å²) in [6.45, 7) is 4.18. The molecule has 2 aromatic rings. The predicted octanol–water partition coefficient (Wildman–Crippen LogP) is 5.30. The lowest BCUT2D eigenvalue weighted by Gasteiger charge is -2.17. The van der Waals surface area contributed by atoms with Crippen molar-refractivity contribution in [3.8, 4) is 0 Å². The van der Waals surface area contributed by atoms with E-state index in [9.17, 15) is 9.59 Å². The second kappa shape index (κ2) is 9.29. The minimum Gasteiger partial charge on any atom is -0.462 e. The predicted molar refractivity (Wildman–Crippen MR) is 116 cm³/mol. The van der Waals surface area contributed by atoms with Crippen molar-refractivity contribution in [2.24, 2.45) is 0 Å². The van der Waals surface area contributed by atoms with Crippen molar-refractivity contribution in [1.82, 2.24) is 4.90 Å². The average Bonchev–Trinajstić information content (AvgIpc) is 2.93. The molecule has 1 amide bonds. The molecule has 0 radical (unpaired) electrons. The van der Waals surface area contributed by atoms with E-state index in [1.807, 2.05) is 30.3 Å². The number of ether oxygens (including phenoxy) is 1. The third kappa shape index (κ3) is 4.72. The highest BCUT2D eigenvalue weighted by atomic mass is 35.5. The normalized spacial score (nSPS) is 15.4. The Balaban J connectivity index is 1.97. The fraction of sp³-hybridized carbons (Fsp3) is 0.217. The second-order valence-electron chi connectivity index (χ2n) is 6.60. The molecule has 2 aromatic carbocycles. The number of carbonyl (C=O) groups is 2. The Labute approximate surface area is 180 Å². The van der Waals surface area contributed by atoms with Gasteiger partial charge in [0.1, 0.15) is 0 Å². The van der Waals surface area contributed by atoms with Gasteiger partial charge in [0.15, 0.2) is 0 Å². The SMILES string of the molecule is CCOC(=O)C1=C(C)N(CCc2ccccc2)C(=O)/C1=C\c1ccc(Cl)cc1Cl. The highest BCUT2D eigenvalue weighted by Crippen LogP contribution is 2.33. The van der Waals surface area contributed by atoms with Gasteiger partial charge in [-0.15, -0.1) is 0 Å². The van der Waals surface area contributed by atoms with E-state index in [2.05, 4.69) is 0 Å². The Hall–Kier alpha value is -2.56. The lowest BCUT2D eigenvalue weighted by molar-refractivity contribution is -0.138. The van der Waals surface area contributed by atoms with Gasteiger partial charge in [-0.2, -0.15) is 0 Å². The molecule has 0 aromatic heterocycles. The average molecular weight is 430 g/mol. The van der Waals surface area contributed by atoms with Crippen LogP contribution < -0.4 is 0 Å². The van der Waals surface area contributed by atoms with Crippen LogP contribution in [0.3, 0.4) is 0 Å². The number of carbonyl (C=O) groups excluding carboxylic acids is 2. The number of amides is 1. The largest absolute Gasteiger partial charge is 0.462 e. The lowest BCUT2D eigenvalue weighted by atomic mass is 10.0. The molecule has 3 rings (SSSR count). The number of hydrogen-bond donors (Lipinski definition) is 0. The zero-order chi connectivity index (χ0) is 21.0. The zero-order valence-electron chi connectivity index (χ0n) is 16.2. The molecule has 0 atom stereocenters. The van der Waals surface area contributed by atoms with Gasteiger partial charge in [-0.25, -0.2) is 4.79 Å².